The van der Waals surface area contributed by atoms with Gasteiger partial charge in [0.15, 0.2) is 5.13 Å². The van der Waals surface area contributed by atoms with Crippen LogP contribution in [-0.4, -0.2) is 22.7 Å². The third-order valence-corrected chi connectivity index (χ3v) is 5.90. The molecule has 0 bridgehead atoms. The summed E-state index contributed by atoms with van der Waals surface area (Å²) in [6, 6.07) is 13.3. The van der Waals surface area contributed by atoms with E-state index in [1.165, 1.54) is 16.9 Å². The molecular weight excluding hydrogens is 398 g/mol. The minimum atomic E-state index is -0.337. The van der Waals surface area contributed by atoms with Crippen molar-refractivity contribution < 1.29 is 14.4 Å². The largest absolute Gasteiger partial charge is 0.298 e. The zero-order chi connectivity index (χ0) is 21.3. The minimum Gasteiger partial charge on any atom is -0.298 e. The standard InChI is InChI=1S/C23H21N3O3S/c1-13-3-8-18(14(2)9-13)19-12-30-23(24-19)26-21(28)16-6-4-15(5-7-16)10-17-11-20(27)25-22(17)29/h3-9,12,17H,10-11H2,1-2H3,(H,24,26,28)(H,25,27,29)/t17-/m1/s1. The highest BCUT2D eigenvalue weighted by Gasteiger charge is 2.30. The third kappa shape index (κ3) is 4.31. The van der Waals surface area contributed by atoms with E-state index in [1.54, 1.807) is 12.1 Å². The zero-order valence-electron chi connectivity index (χ0n) is 16.7. The molecule has 1 aliphatic rings. The van der Waals surface area contributed by atoms with Gasteiger partial charge in [0.25, 0.3) is 5.91 Å². The second-order valence-electron chi connectivity index (χ2n) is 7.52. The second kappa shape index (κ2) is 8.20. The summed E-state index contributed by atoms with van der Waals surface area (Å²) in [6.07, 6.45) is 0.694. The summed E-state index contributed by atoms with van der Waals surface area (Å²) in [5.41, 5.74) is 5.65. The van der Waals surface area contributed by atoms with Crippen LogP contribution in [0.1, 0.15) is 33.5 Å². The number of nitrogens with one attached hydrogen (secondary N) is 2. The lowest BCUT2D eigenvalue weighted by molar-refractivity contribution is -0.125. The maximum absolute atomic E-state index is 12.6. The van der Waals surface area contributed by atoms with Crippen molar-refractivity contribution in [1.82, 2.24) is 10.3 Å². The van der Waals surface area contributed by atoms with E-state index in [1.807, 2.05) is 36.6 Å². The van der Waals surface area contributed by atoms with Crippen molar-refractivity contribution >= 4 is 34.2 Å². The van der Waals surface area contributed by atoms with Crippen molar-refractivity contribution in [2.24, 2.45) is 5.92 Å². The first kappa shape index (κ1) is 20.0. The number of thiazole rings is 1. The average molecular weight is 420 g/mol. The summed E-state index contributed by atoms with van der Waals surface area (Å²) in [5, 5.41) is 7.64. The van der Waals surface area contributed by atoms with Crippen LogP contribution in [0.3, 0.4) is 0 Å². The number of hydrogen-bond acceptors (Lipinski definition) is 5. The molecule has 3 amide bonds. The van der Waals surface area contributed by atoms with Gasteiger partial charge in [-0.1, -0.05) is 35.9 Å². The molecule has 7 heteroatoms. The van der Waals surface area contributed by atoms with Crippen molar-refractivity contribution in [3.63, 3.8) is 0 Å². The van der Waals surface area contributed by atoms with Gasteiger partial charge in [0.05, 0.1) is 11.6 Å². The Kier molecular flexibility index (Phi) is 5.46. The number of amides is 3. The lowest BCUT2D eigenvalue weighted by Gasteiger charge is -2.07. The Morgan fingerprint density at radius 3 is 2.60 bits per heavy atom. The van der Waals surface area contributed by atoms with E-state index in [0.717, 1.165) is 22.4 Å². The van der Waals surface area contributed by atoms with E-state index < -0.39 is 0 Å². The van der Waals surface area contributed by atoms with Crippen molar-refractivity contribution in [2.75, 3.05) is 5.32 Å². The van der Waals surface area contributed by atoms with Crippen LogP contribution in [0.4, 0.5) is 5.13 Å². The highest BCUT2D eigenvalue weighted by Crippen LogP contribution is 2.28. The Bertz CT molecular complexity index is 1130. The molecule has 30 heavy (non-hydrogen) atoms. The number of imide groups is 1. The molecule has 2 aromatic carbocycles. The second-order valence-corrected chi connectivity index (χ2v) is 8.38. The third-order valence-electron chi connectivity index (χ3n) is 5.15. The number of aromatic nitrogens is 1. The number of anilines is 1. The summed E-state index contributed by atoms with van der Waals surface area (Å²) in [5.74, 6) is -1.04. The summed E-state index contributed by atoms with van der Waals surface area (Å²) < 4.78 is 0. The van der Waals surface area contributed by atoms with Gasteiger partial charge in [0.1, 0.15) is 0 Å². The molecule has 1 aromatic heterocycles. The summed E-state index contributed by atoms with van der Waals surface area (Å²) in [4.78, 5) is 40.1. The molecule has 4 rings (SSSR count). The van der Waals surface area contributed by atoms with Gasteiger partial charge in [0.2, 0.25) is 11.8 Å². The molecule has 0 unspecified atom stereocenters. The fourth-order valence-corrected chi connectivity index (χ4v) is 4.28. The lowest BCUT2D eigenvalue weighted by Crippen LogP contribution is -2.22. The Balaban J connectivity index is 1.41. The molecule has 0 saturated carbocycles. The van der Waals surface area contributed by atoms with Crippen LogP contribution < -0.4 is 10.6 Å². The SMILES string of the molecule is Cc1ccc(-c2csc(NC(=O)c3ccc(C[C@@H]4CC(=O)NC4=O)cc3)n2)c(C)c1. The Morgan fingerprint density at radius 2 is 1.93 bits per heavy atom. The van der Waals surface area contributed by atoms with Gasteiger partial charge in [-0.2, -0.15) is 0 Å². The van der Waals surface area contributed by atoms with E-state index >= 15 is 0 Å². The van der Waals surface area contributed by atoms with Gasteiger partial charge in [-0.05, 0) is 43.5 Å². The van der Waals surface area contributed by atoms with Gasteiger partial charge in [-0.3, -0.25) is 25.0 Å². The van der Waals surface area contributed by atoms with E-state index in [0.29, 0.717) is 17.1 Å². The fraction of sp³-hybridized carbons (Fsp3) is 0.217. The molecule has 2 heterocycles. The van der Waals surface area contributed by atoms with Gasteiger partial charge in [-0.15, -0.1) is 11.3 Å². The van der Waals surface area contributed by atoms with Crippen molar-refractivity contribution in [1.29, 1.82) is 0 Å². The molecule has 1 atom stereocenters. The fourth-order valence-electron chi connectivity index (χ4n) is 3.57. The van der Waals surface area contributed by atoms with Crippen molar-refractivity contribution in [3.05, 3.63) is 70.1 Å². The summed E-state index contributed by atoms with van der Waals surface area (Å²) >= 11 is 1.39. The number of rotatable bonds is 5. The molecule has 0 radical (unpaired) electrons. The monoisotopic (exact) mass is 419 g/mol. The quantitative estimate of drug-likeness (QED) is 0.614. The predicted octanol–water partition coefficient (Wildman–Crippen LogP) is 3.88. The van der Waals surface area contributed by atoms with Gasteiger partial charge in [-0.25, -0.2) is 4.98 Å². The molecule has 1 aliphatic heterocycles. The highest BCUT2D eigenvalue weighted by atomic mass is 32.1. The summed E-state index contributed by atoms with van der Waals surface area (Å²) in [6.45, 7) is 4.10. The van der Waals surface area contributed by atoms with Crippen LogP contribution in [0.5, 0.6) is 0 Å². The molecule has 2 N–H and O–H groups in total. The number of carbonyl (C=O) groups excluding carboxylic acids is 3. The van der Waals surface area contributed by atoms with E-state index in [9.17, 15) is 14.4 Å². The molecule has 0 spiro atoms. The molecule has 1 fully saturated rings. The van der Waals surface area contributed by atoms with Gasteiger partial charge < -0.3 is 0 Å². The van der Waals surface area contributed by atoms with Crippen molar-refractivity contribution in [2.45, 2.75) is 26.7 Å². The topological polar surface area (TPSA) is 88.2 Å². The number of carbonyl (C=O) groups is 3. The number of benzene rings is 2. The van der Waals surface area contributed by atoms with Crippen LogP contribution >= 0.6 is 11.3 Å². The van der Waals surface area contributed by atoms with E-state index in [2.05, 4.69) is 28.6 Å². The molecule has 3 aromatic rings. The molecule has 1 saturated heterocycles. The Labute approximate surface area is 178 Å². The molecule has 152 valence electrons. The smallest absolute Gasteiger partial charge is 0.257 e. The van der Waals surface area contributed by atoms with Crippen LogP contribution in [-0.2, 0) is 16.0 Å². The molecule has 0 aliphatic carbocycles. The Morgan fingerprint density at radius 1 is 1.17 bits per heavy atom. The average Bonchev–Trinajstić information content (AvgIpc) is 3.28. The van der Waals surface area contributed by atoms with Crippen molar-refractivity contribution in [3.8, 4) is 11.3 Å². The number of aryl methyl sites for hydroxylation is 2. The first-order valence-corrected chi connectivity index (χ1v) is 10.5. The zero-order valence-corrected chi connectivity index (χ0v) is 17.5. The predicted molar refractivity (Wildman–Crippen MR) is 116 cm³/mol. The maximum atomic E-state index is 12.6. The summed E-state index contributed by atoms with van der Waals surface area (Å²) in [7, 11) is 0. The molecule has 6 nitrogen and oxygen atoms in total. The van der Waals surface area contributed by atoms with Crippen LogP contribution in [0, 0.1) is 19.8 Å². The Hall–Kier alpha value is -3.32. The number of nitrogens with zero attached hydrogens (tertiary/aromatic N) is 1. The van der Waals surface area contributed by atoms with Crippen LogP contribution in [0.25, 0.3) is 11.3 Å². The number of hydrogen-bond donors (Lipinski definition) is 2. The lowest BCUT2D eigenvalue weighted by atomic mass is 9.97. The minimum absolute atomic E-state index is 0.216. The first-order valence-electron chi connectivity index (χ1n) is 9.66. The highest BCUT2D eigenvalue weighted by molar-refractivity contribution is 7.14. The van der Waals surface area contributed by atoms with Gasteiger partial charge >= 0.3 is 0 Å². The van der Waals surface area contributed by atoms with Gasteiger partial charge in [0, 0.05) is 22.9 Å². The molecular formula is C23H21N3O3S. The first-order chi connectivity index (χ1) is 14.4. The van der Waals surface area contributed by atoms with E-state index in [-0.39, 0.29) is 30.1 Å². The maximum Gasteiger partial charge on any atom is 0.257 e. The van der Waals surface area contributed by atoms with Crippen LogP contribution in [0.2, 0.25) is 0 Å². The normalized spacial score (nSPS) is 15.9. The van der Waals surface area contributed by atoms with Crippen LogP contribution in [0.15, 0.2) is 47.8 Å². The van der Waals surface area contributed by atoms with E-state index in [4.69, 9.17) is 0 Å².